The Kier molecular flexibility index (Phi) is 4.46. The second-order valence-electron chi connectivity index (χ2n) is 3.50. The van der Waals surface area contributed by atoms with Crippen LogP contribution in [-0.2, 0) is 0 Å². The highest BCUT2D eigenvalue weighted by molar-refractivity contribution is 6.28. The number of aromatic nitrogens is 3. The van der Waals surface area contributed by atoms with Crippen LogP contribution in [0, 0.1) is 0 Å². The molecule has 106 valence electrons. The summed E-state index contributed by atoms with van der Waals surface area (Å²) in [6.45, 7) is -2.92. The van der Waals surface area contributed by atoms with Crippen LogP contribution in [0.4, 0.5) is 26.4 Å². The van der Waals surface area contributed by atoms with Crippen molar-refractivity contribution in [3.63, 3.8) is 0 Å². The van der Waals surface area contributed by atoms with Crippen molar-refractivity contribution in [1.82, 2.24) is 15.0 Å². The summed E-state index contributed by atoms with van der Waals surface area (Å²) in [5.41, 5.74) is 0.289. The van der Waals surface area contributed by atoms with Crippen LogP contribution in [0.3, 0.4) is 0 Å². The van der Waals surface area contributed by atoms with Crippen LogP contribution >= 0.6 is 11.6 Å². The van der Waals surface area contributed by atoms with E-state index < -0.39 is 6.61 Å². The predicted octanol–water partition coefficient (Wildman–Crippen LogP) is 2.91. The SMILES string of the molecule is CNc1nc(Cl)nc(Nc2ccccc2OC(F)F)n1. The molecule has 1 aromatic heterocycles. The number of para-hydroxylation sites is 2. The van der Waals surface area contributed by atoms with Gasteiger partial charge < -0.3 is 15.4 Å². The topological polar surface area (TPSA) is 72.0 Å². The van der Waals surface area contributed by atoms with E-state index in [-0.39, 0.29) is 28.6 Å². The van der Waals surface area contributed by atoms with Gasteiger partial charge in [0.25, 0.3) is 0 Å². The number of rotatable bonds is 5. The van der Waals surface area contributed by atoms with Gasteiger partial charge in [0.15, 0.2) is 0 Å². The first-order chi connectivity index (χ1) is 9.58. The number of alkyl halides is 2. The minimum atomic E-state index is -2.92. The van der Waals surface area contributed by atoms with Gasteiger partial charge in [0.1, 0.15) is 5.75 Å². The highest BCUT2D eigenvalue weighted by atomic mass is 35.5. The molecule has 0 saturated carbocycles. The predicted molar refractivity (Wildman–Crippen MR) is 70.7 cm³/mol. The zero-order valence-electron chi connectivity index (χ0n) is 10.3. The number of ether oxygens (including phenoxy) is 1. The van der Waals surface area contributed by atoms with Gasteiger partial charge >= 0.3 is 6.61 Å². The molecule has 2 N–H and O–H groups in total. The van der Waals surface area contributed by atoms with Crippen LogP contribution < -0.4 is 15.4 Å². The van der Waals surface area contributed by atoms with E-state index in [1.807, 2.05) is 0 Å². The molecule has 1 aromatic carbocycles. The molecule has 0 aliphatic carbocycles. The first kappa shape index (κ1) is 14.2. The van der Waals surface area contributed by atoms with Crippen molar-refractivity contribution < 1.29 is 13.5 Å². The average molecular weight is 302 g/mol. The Morgan fingerprint density at radius 1 is 1.15 bits per heavy atom. The van der Waals surface area contributed by atoms with Crippen LogP contribution in [0.25, 0.3) is 0 Å². The van der Waals surface area contributed by atoms with Crippen LogP contribution in [0.2, 0.25) is 5.28 Å². The van der Waals surface area contributed by atoms with Gasteiger partial charge in [-0.25, -0.2) is 0 Å². The minimum Gasteiger partial charge on any atom is -0.433 e. The van der Waals surface area contributed by atoms with E-state index in [4.69, 9.17) is 11.6 Å². The zero-order chi connectivity index (χ0) is 14.5. The highest BCUT2D eigenvalue weighted by Crippen LogP contribution is 2.27. The molecule has 0 spiro atoms. The summed E-state index contributed by atoms with van der Waals surface area (Å²) in [5, 5.41) is 5.42. The fourth-order valence-corrected chi connectivity index (χ4v) is 1.57. The molecule has 2 aromatic rings. The van der Waals surface area contributed by atoms with E-state index in [1.165, 1.54) is 6.07 Å². The Labute approximate surface area is 118 Å². The third-order valence-electron chi connectivity index (χ3n) is 2.18. The first-order valence-electron chi connectivity index (χ1n) is 5.48. The van der Waals surface area contributed by atoms with E-state index in [2.05, 4.69) is 30.3 Å². The number of benzene rings is 1. The summed E-state index contributed by atoms with van der Waals surface area (Å²) >= 11 is 5.73. The Hall–Kier alpha value is -2.22. The van der Waals surface area contributed by atoms with E-state index >= 15 is 0 Å². The van der Waals surface area contributed by atoms with Crippen LogP contribution in [-0.4, -0.2) is 28.6 Å². The van der Waals surface area contributed by atoms with Gasteiger partial charge in [0.05, 0.1) is 5.69 Å². The molecule has 0 radical (unpaired) electrons. The quantitative estimate of drug-likeness (QED) is 0.885. The molecule has 20 heavy (non-hydrogen) atoms. The Morgan fingerprint density at radius 2 is 1.85 bits per heavy atom. The lowest BCUT2D eigenvalue weighted by Crippen LogP contribution is -2.07. The van der Waals surface area contributed by atoms with Crippen molar-refractivity contribution in [2.75, 3.05) is 17.7 Å². The molecule has 2 rings (SSSR count). The summed E-state index contributed by atoms with van der Waals surface area (Å²) in [6, 6.07) is 6.18. The summed E-state index contributed by atoms with van der Waals surface area (Å²) in [6.07, 6.45) is 0. The standard InChI is InChI=1S/C11H10ClF2N5O/c1-15-10-17-8(12)18-11(19-10)16-6-4-2-3-5-7(6)20-9(13)14/h2-5,9H,1H3,(H2,15,16,17,18,19). The van der Waals surface area contributed by atoms with Crippen LogP contribution in [0.1, 0.15) is 0 Å². The maximum Gasteiger partial charge on any atom is 0.387 e. The smallest absolute Gasteiger partial charge is 0.387 e. The molecule has 0 amide bonds. The lowest BCUT2D eigenvalue weighted by Gasteiger charge is -2.11. The molecule has 0 fully saturated rings. The molecule has 0 saturated heterocycles. The number of anilines is 3. The summed E-state index contributed by atoms with van der Waals surface area (Å²) < 4.78 is 29.0. The number of nitrogens with one attached hydrogen (secondary N) is 2. The molecule has 0 aliphatic rings. The van der Waals surface area contributed by atoms with Gasteiger partial charge in [-0.2, -0.15) is 23.7 Å². The second kappa shape index (κ2) is 6.29. The lowest BCUT2D eigenvalue weighted by atomic mass is 10.3. The largest absolute Gasteiger partial charge is 0.433 e. The highest BCUT2D eigenvalue weighted by Gasteiger charge is 2.11. The molecule has 0 aliphatic heterocycles. The molecular weight excluding hydrogens is 292 g/mol. The maximum absolute atomic E-state index is 12.3. The van der Waals surface area contributed by atoms with Crippen molar-refractivity contribution in [3.05, 3.63) is 29.5 Å². The summed E-state index contributed by atoms with van der Waals surface area (Å²) in [7, 11) is 1.61. The third kappa shape index (κ3) is 3.64. The molecule has 0 bridgehead atoms. The van der Waals surface area contributed by atoms with Crippen molar-refractivity contribution in [1.29, 1.82) is 0 Å². The number of nitrogens with zero attached hydrogens (tertiary/aromatic N) is 3. The summed E-state index contributed by atoms with van der Waals surface area (Å²) in [5.74, 6) is 0.337. The second-order valence-corrected chi connectivity index (χ2v) is 3.84. The number of hydrogen-bond donors (Lipinski definition) is 2. The van der Waals surface area contributed by atoms with Crippen molar-refractivity contribution in [2.24, 2.45) is 0 Å². The van der Waals surface area contributed by atoms with Gasteiger partial charge in [0, 0.05) is 7.05 Å². The van der Waals surface area contributed by atoms with E-state index in [9.17, 15) is 8.78 Å². The van der Waals surface area contributed by atoms with E-state index in [1.54, 1.807) is 25.2 Å². The van der Waals surface area contributed by atoms with Gasteiger partial charge in [-0.1, -0.05) is 12.1 Å². The fourth-order valence-electron chi connectivity index (χ4n) is 1.41. The fraction of sp³-hybridized carbons (Fsp3) is 0.182. The lowest BCUT2D eigenvalue weighted by molar-refractivity contribution is -0.0493. The van der Waals surface area contributed by atoms with Gasteiger partial charge in [0.2, 0.25) is 17.2 Å². The number of halogens is 3. The molecular formula is C11H10ClF2N5O. The van der Waals surface area contributed by atoms with Crippen LogP contribution in [0.15, 0.2) is 24.3 Å². The molecule has 6 nitrogen and oxygen atoms in total. The van der Waals surface area contributed by atoms with Gasteiger partial charge in [-0.3, -0.25) is 0 Å². The van der Waals surface area contributed by atoms with Gasteiger partial charge in [-0.15, -0.1) is 0 Å². The monoisotopic (exact) mass is 301 g/mol. The van der Waals surface area contributed by atoms with Crippen molar-refractivity contribution in [3.8, 4) is 5.75 Å². The Morgan fingerprint density at radius 3 is 2.55 bits per heavy atom. The van der Waals surface area contributed by atoms with Crippen molar-refractivity contribution in [2.45, 2.75) is 6.61 Å². The Balaban J connectivity index is 2.27. The zero-order valence-corrected chi connectivity index (χ0v) is 11.0. The molecule has 1 heterocycles. The molecule has 9 heteroatoms. The average Bonchev–Trinajstić information content (AvgIpc) is 2.39. The third-order valence-corrected chi connectivity index (χ3v) is 2.35. The maximum atomic E-state index is 12.3. The molecule has 0 unspecified atom stereocenters. The Bertz CT molecular complexity index is 599. The van der Waals surface area contributed by atoms with Crippen LogP contribution in [0.5, 0.6) is 5.75 Å². The van der Waals surface area contributed by atoms with E-state index in [0.29, 0.717) is 0 Å². The summed E-state index contributed by atoms with van der Waals surface area (Å²) in [4.78, 5) is 11.6. The normalized spacial score (nSPS) is 10.4. The first-order valence-corrected chi connectivity index (χ1v) is 5.86. The van der Waals surface area contributed by atoms with Crippen molar-refractivity contribution >= 4 is 29.2 Å². The number of hydrogen-bond acceptors (Lipinski definition) is 6. The van der Waals surface area contributed by atoms with E-state index in [0.717, 1.165) is 0 Å². The van der Waals surface area contributed by atoms with Gasteiger partial charge in [-0.05, 0) is 23.7 Å². The molecule has 0 atom stereocenters. The minimum absolute atomic E-state index is 0.0231.